The summed E-state index contributed by atoms with van der Waals surface area (Å²) in [6.45, 7) is 5.22. The number of anilines is 1. The van der Waals surface area contributed by atoms with Crippen LogP contribution >= 0.6 is 0 Å². The Morgan fingerprint density at radius 1 is 1.18 bits per heavy atom. The van der Waals surface area contributed by atoms with Crippen LogP contribution < -0.4 is 5.73 Å². The third-order valence-electron chi connectivity index (χ3n) is 4.33. The van der Waals surface area contributed by atoms with E-state index in [4.69, 9.17) is 10.5 Å². The molecule has 2 nitrogen and oxygen atoms in total. The van der Waals surface area contributed by atoms with Crippen molar-refractivity contribution in [2.24, 2.45) is 5.92 Å². The molecule has 0 heterocycles. The van der Waals surface area contributed by atoms with Crippen molar-refractivity contribution in [3.05, 3.63) is 54.6 Å². The number of carbonyl (C=O) groups excluding carboxylic acids is 1. The standard InChI is InChI=1S/C17H25N.C3H4O/c1-2-3-4-5-14-6-8-15(9-7-14)16-10-12-17(18)13-11-16;1-2-3-4/h2-3,10-15H,4-9,18H2,1H3;2-3H,1H2/b3-2+;. The molecule has 0 unspecified atom stereocenters. The van der Waals surface area contributed by atoms with Gasteiger partial charge in [0.25, 0.3) is 0 Å². The summed E-state index contributed by atoms with van der Waals surface area (Å²) in [5.41, 5.74) is 8.10. The van der Waals surface area contributed by atoms with Crippen molar-refractivity contribution >= 4 is 12.0 Å². The van der Waals surface area contributed by atoms with Gasteiger partial charge in [-0.05, 0) is 81.1 Å². The highest BCUT2D eigenvalue weighted by molar-refractivity contribution is 5.63. The van der Waals surface area contributed by atoms with Gasteiger partial charge in [-0.15, -0.1) is 0 Å². The van der Waals surface area contributed by atoms with Crippen LogP contribution in [0.3, 0.4) is 0 Å². The Labute approximate surface area is 135 Å². The fraction of sp³-hybridized carbons (Fsp3) is 0.450. The number of hydrogen-bond acceptors (Lipinski definition) is 2. The van der Waals surface area contributed by atoms with Crippen LogP contribution in [-0.2, 0) is 4.79 Å². The maximum absolute atomic E-state index is 9.06. The van der Waals surface area contributed by atoms with Crippen molar-refractivity contribution in [3.63, 3.8) is 0 Å². The lowest BCUT2D eigenvalue weighted by Gasteiger charge is -2.28. The van der Waals surface area contributed by atoms with Gasteiger partial charge in [-0.2, -0.15) is 0 Å². The van der Waals surface area contributed by atoms with Gasteiger partial charge in [0.05, 0.1) is 0 Å². The zero-order valence-electron chi connectivity index (χ0n) is 13.7. The SMILES string of the molecule is C/C=C/CCC1CCC(c2ccc(N)cc2)CC1.C=CC=O. The predicted octanol–water partition coefficient (Wildman–Crippen LogP) is 5.27. The highest BCUT2D eigenvalue weighted by Crippen LogP contribution is 2.37. The van der Waals surface area contributed by atoms with E-state index < -0.39 is 0 Å². The van der Waals surface area contributed by atoms with E-state index >= 15 is 0 Å². The van der Waals surface area contributed by atoms with Gasteiger partial charge in [0.1, 0.15) is 6.29 Å². The summed E-state index contributed by atoms with van der Waals surface area (Å²) in [6.07, 6.45) is 14.4. The molecule has 22 heavy (non-hydrogen) atoms. The quantitative estimate of drug-likeness (QED) is 0.348. The van der Waals surface area contributed by atoms with Crippen LogP contribution in [0.2, 0.25) is 0 Å². The first-order valence-electron chi connectivity index (χ1n) is 8.24. The smallest absolute Gasteiger partial charge is 0.142 e. The molecule has 0 aromatic heterocycles. The first kappa shape index (κ1) is 18.2. The minimum absolute atomic E-state index is 0.639. The molecule has 0 radical (unpaired) electrons. The third-order valence-corrected chi connectivity index (χ3v) is 4.33. The zero-order valence-corrected chi connectivity index (χ0v) is 13.7. The minimum Gasteiger partial charge on any atom is -0.399 e. The van der Waals surface area contributed by atoms with Crippen molar-refractivity contribution in [1.82, 2.24) is 0 Å². The van der Waals surface area contributed by atoms with Gasteiger partial charge in [-0.3, -0.25) is 4.79 Å². The molecule has 1 fully saturated rings. The minimum atomic E-state index is 0.639. The summed E-state index contributed by atoms with van der Waals surface area (Å²) in [7, 11) is 0. The summed E-state index contributed by atoms with van der Waals surface area (Å²) in [5, 5.41) is 0. The Hall–Kier alpha value is -1.83. The molecule has 0 bridgehead atoms. The largest absolute Gasteiger partial charge is 0.399 e. The van der Waals surface area contributed by atoms with E-state index in [1.54, 1.807) is 0 Å². The molecule has 120 valence electrons. The Balaban J connectivity index is 0.000000541. The van der Waals surface area contributed by atoms with Crippen molar-refractivity contribution in [2.75, 3.05) is 5.73 Å². The van der Waals surface area contributed by atoms with Crippen molar-refractivity contribution in [3.8, 4) is 0 Å². The topological polar surface area (TPSA) is 43.1 Å². The molecule has 0 spiro atoms. The lowest BCUT2D eigenvalue weighted by Crippen LogP contribution is -2.13. The molecule has 1 aliphatic carbocycles. The number of nitrogens with two attached hydrogens (primary N) is 1. The van der Waals surface area contributed by atoms with E-state index in [2.05, 4.69) is 37.8 Å². The summed E-state index contributed by atoms with van der Waals surface area (Å²) in [6, 6.07) is 8.49. The summed E-state index contributed by atoms with van der Waals surface area (Å²) in [4.78, 5) is 9.06. The van der Waals surface area contributed by atoms with E-state index in [0.29, 0.717) is 6.29 Å². The maximum atomic E-state index is 9.06. The maximum Gasteiger partial charge on any atom is 0.142 e. The van der Waals surface area contributed by atoms with Gasteiger partial charge in [-0.1, -0.05) is 30.9 Å². The number of hydrogen-bond donors (Lipinski definition) is 1. The van der Waals surface area contributed by atoms with Crippen molar-refractivity contribution < 1.29 is 4.79 Å². The zero-order chi connectivity index (χ0) is 16.2. The molecule has 0 atom stereocenters. The van der Waals surface area contributed by atoms with Crippen molar-refractivity contribution in [2.45, 2.75) is 51.4 Å². The fourth-order valence-electron chi connectivity index (χ4n) is 3.05. The fourth-order valence-corrected chi connectivity index (χ4v) is 3.05. The second-order valence-corrected chi connectivity index (χ2v) is 5.90. The molecule has 1 aliphatic rings. The molecule has 1 aromatic carbocycles. The Bertz CT molecular complexity index is 447. The third kappa shape index (κ3) is 6.75. The molecule has 2 rings (SSSR count). The van der Waals surface area contributed by atoms with Crippen LogP contribution in [0.1, 0.15) is 56.9 Å². The van der Waals surface area contributed by atoms with Gasteiger partial charge in [0.2, 0.25) is 0 Å². The van der Waals surface area contributed by atoms with Crippen LogP contribution in [0.25, 0.3) is 0 Å². The van der Waals surface area contributed by atoms with Crippen molar-refractivity contribution in [1.29, 1.82) is 0 Å². The van der Waals surface area contributed by atoms with Crippen LogP contribution in [-0.4, -0.2) is 6.29 Å². The summed E-state index contributed by atoms with van der Waals surface area (Å²) in [5.74, 6) is 1.72. The van der Waals surface area contributed by atoms with Crippen LogP contribution in [0.5, 0.6) is 0 Å². The molecular formula is C20H29NO. The molecule has 0 aliphatic heterocycles. The van der Waals surface area contributed by atoms with Gasteiger partial charge >= 0.3 is 0 Å². The lowest BCUT2D eigenvalue weighted by atomic mass is 9.77. The first-order valence-corrected chi connectivity index (χ1v) is 8.24. The molecular weight excluding hydrogens is 270 g/mol. The first-order chi connectivity index (χ1) is 10.7. The molecule has 2 N–H and O–H groups in total. The average molecular weight is 299 g/mol. The summed E-state index contributed by atoms with van der Waals surface area (Å²) < 4.78 is 0. The molecule has 1 saturated carbocycles. The Morgan fingerprint density at radius 3 is 2.27 bits per heavy atom. The van der Waals surface area contributed by atoms with Gasteiger partial charge in [0, 0.05) is 5.69 Å². The molecule has 1 aromatic rings. The highest BCUT2D eigenvalue weighted by Gasteiger charge is 2.21. The second-order valence-electron chi connectivity index (χ2n) is 5.90. The van der Waals surface area contributed by atoms with E-state index in [1.807, 2.05) is 12.1 Å². The second kappa shape index (κ2) is 10.8. The van der Waals surface area contributed by atoms with Gasteiger partial charge in [-0.25, -0.2) is 0 Å². The highest BCUT2D eigenvalue weighted by atomic mass is 16.1. The number of rotatable bonds is 5. The molecule has 0 saturated heterocycles. The van der Waals surface area contributed by atoms with Crippen LogP contribution in [0.15, 0.2) is 49.1 Å². The van der Waals surface area contributed by atoms with Crippen LogP contribution in [0, 0.1) is 5.92 Å². The van der Waals surface area contributed by atoms with Gasteiger partial charge < -0.3 is 5.73 Å². The Kier molecular flexibility index (Phi) is 8.97. The average Bonchev–Trinajstić information content (AvgIpc) is 2.57. The van der Waals surface area contributed by atoms with E-state index in [0.717, 1.165) is 17.5 Å². The van der Waals surface area contributed by atoms with Crippen LogP contribution in [0.4, 0.5) is 5.69 Å². The number of benzene rings is 1. The monoisotopic (exact) mass is 299 g/mol. The normalized spacial score (nSPS) is 21.0. The van der Waals surface area contributed by atoms with Gasteiger partial charge in [0.15, 0.2) is 0 Å². The molecule has 2 heteroatoms. The lowest BCUT2D eigenvalue weighted by molar-refractivity contribution is -0.104. The number of carbonyl (C=O) groups is 1. The van der Waals surface area contributed by atoms with E-state index in [1.165, 1.54) is 50.2 Å². The number of aldehydes is 1. The molecule has 0 amide bonds. The number of nitrogen functional groups attached to an aromatic ring is 1. The Morgan fingerprint density at radius 2 is 1.77 bits per heavy atom. The van der Waals surface area contributed by atoms with E-state index in [-0.39, 0.29) is 0 Å². The number of allylic oxidation sites excluding steroid dienone is 3. The summed E-state index contributed by atoms with van der Waals surface area (Å²) >= 11 is 0. The van der Waals surface area contributed by atoms with E-state index in [9.17, 15) is 0 Å². The predicted molar refractivity (Wildman–Crippen MR) is 95.9 cm³/mol.